The third-order valence-electron chi connectivity index (χ3n) is 6.76. The van der Waals surface area contributed by atoms with Crippen molar-refractivity contribution in [2.75, 3.05) is 37.6 Å². The number of aromatic nitrogens is 2. The molecule has 3 aromatic rings. The highest BCUT2D eigenvalue weighted by Crippen LogP contribution is 2.27. The van der Waals surface area contributed by atoms with Crippen LogP contribution in [0.3, 0.4) is 0 Å². The summed E-state index contributed by atoms with van der Waals surface area (Å²) >= 11 is 0. The Morgan fingerprint density at radius 2 is 1.94 bits per heavy atom. The van der Waals surface area contributed by atoms with E-state index < -0.39 is 0 Å². The van der Waals surface area contributed by atoms with Gasteiger partial charge in [0.25, 0.3) is 6.01 Å². The zero-order valence-corrected chi connectivity index (χ0v) is 20.3. The van der Waals surface area contributed by atoms with E-state index in [1.165, 1.54) is 17.4 Å². The van der Waals surface area contributed by atoms with E-state index in [2.05, 4.69) is 64.9 Å². The minimum absolute atomic E-state index is 0.0620. The largest absolute Gasteiger partial charge is 0.420 e. The second-order valence-electron chi connectivity index (χ2n) is 9.86. The van der Waals surface area contributed by atoms with Crippen LogP contribution in [0.4, 0.5) is 6.01 Å². The van der Waals surface area contributed by atoms with Crippen LogP contribution >= 0.6 is 0 Å². The van der Waals surface area contributed by atoms with Gasteiger partial charge in [-0.15, -0.1) is 0 Å². The van der Waals surface area contributed by atoms with Crippen molar-refractivity contribution in [3.63, 3.8) is 0 Å². The minimum Gasteiger partial charge on any atom is -0.420 e. The van der Waals surface area contributed by atoms with Gasteiger partial charge in [0, 0.05) is 49.7 Å². The summed E-state index contributed by atoms with van der Waals surface area (Å²) in [5.41, 5.74) is 2.44. The highest BCUT2D eigenvalue weighted by atomic mass is 16.4. The number of para-hydroxylation sites is 1. The Morgan fingerprint density at radius 3 is 2.70 bits per heavy atom. The van der Waals surface area contributed by atoms with Gasteiger partial charge in [0.05, 0.1) is 6.20 Å². The summed E-state index contributed by atoms with van der Waals surface area (Å²) in [6, 6.07) is 8.97. The van der Waals surface area contributed by atoms with Gasteiger partial charge in [-0.2, -0.15) is 0 Å². The smallest absolute Gasteiger partial charge is 0.297 e. The molecule has 1 N–H and O–H groups in total. The van der Waals surface area contributed by atoms with Gasteiger partial charge in [-0.05, 0) is 49.3 Å². The van der Waals surface area contributed by atoms with E-state index in [-0.39, 0.29) is 11.7 Å². The number of benzene rings is 1. The molecule has 2 aromatic heterocycles. The van der Waals surface area contributed by atoms with Gasteiger partial charge in [0.2, 0.25) is 0 Å². The molecule has 0 spiro atoms. The topological polar surface area (TPSA) is 65.4 Å². The van der Waals surface area contributed by atoms with E-state index in [9.17, 15) is 4.79 Å². The lowest BCUT2D eigenvalue weighted by Gasteiger charge is -2.33. The average Bonchev–Trinajstić information content (AvgIpc) is 3.46. The zero-order chi connectivity index (χ0) is 23.2. The number of carbonyl (C=O) groups is 1. The number of H-pyrrole nitrogens is 1. The van der Waals surface area contributed by atoms with E-state index in [1.54, 1.807) is 6.20 Å². The molecule has 6 nitrogen and oxygen atoms in total. The molecule has 1 aliphatic heterocycles. The predicted molar refractivity (Wildman–Crippen MR) is 134 cm³/mol. The Balaban J connectivity index is 1.40. The van der Waals surface area contributed by atoms with Crippen LogP contribution < -0.4 is 4.90 Å². The lowest BCUT2D eigenvalue weighted by Crippen LogP contribution is -2.46. The maximum Gasteiger partial charge on any atom is 0.297 e. The Bertz CT molecular complexity index is 1030. The maximum absolute atomic E-state index is 13.2. The summed E-state index contributed by atoms with van der Waals surface area (Å²) in [6.07, 6.45) is 8.43. The SMILES string of the molecule is CCCN1CCN(c2ncc(C(=O)CC(CCC(C)C)Cc3c[nH]c4ccccc34)o2)CC1. The van der Waals surface area contributed by atoms with Crippen molar-refractivity contribution in [1.29, 1.82) is 0 Å². The normalized spacial score (nSPS) is 16.1. The maximum atomic E-state index is 13.2. The molecule has 1 saturated heterocycles. The van der Waals surface area contributed by atoms with Crippen molar-refractivity contribution in [2.24, 2.45) is 11.8 Å². The first kappa shape index (κ1) is 23.6. The number of piperazine rings is 1. The molecule has 33 heavy (non-hydrogen) atoms. The third kappa shape index (κ3) is 6.05. The second-order valence-corrected chi connectivity index (χ2v) is 9.86. The molecular weight excluding hydrogens is 412 g/mol. The molecule has 0 aliphatic carbocycles. The monoisotopic (exact) mass is 450 g/mol. The molecule has 1 fully saturated rings. The Hall–Kier alpha value is -2.60. The van der Waals surface area contributed by atoms with Crippen LogP contribution in [0, 0.1) is 11.8 Å². The van der Waals surface area contributed by atoms with Crippen LogP contribution in [0.1, 0.15) is 62.6 Å². The van der Waals surface area contributed by atoms with Crippen molar-refractivity contribution < 1.29 is 9.21 Å². The molecule has 3 heterocycles. The Labute approximate surface area is 197 Å². The number of Topliss-reactive ketones (excluding diaryl/α,β-unsaturated/α-hetero) is 1. The van der Waals surface area contributed by atoms with Gasteiger partial charge in [-0.25, -0.2) is 4.98 Å². The highest BCUT2D eigenvalue weighted by molar-refractivity contribution is 5.93. The van der Waals surface area contributed by atoms with E-state index >= 15 is 0 Å². The lowest BCUT2D eigenvalue weighted by molar-refractivity contribution is 0.0930. The van der Waals surface area contributed by atoms with Crippen LogP contribution in [-0.4, -0.2) is 53.4 Å². The van der Waals surface area contributed by atoms with E-state index in [0.29, 0.717) is 24.1 Å². The van der Waals surface area contributed by atoms with Crippen LogP contribution in [0.5, 0.6) is 0 Å². The molecule has 0 saturated carbocycles. The van der Waals surface area contributed by atoms with Crippen LogP contribution in [-0.2, 0) is 6.42 Å². The first-order valence-corrected chi connectivity index (χ1v) is 12.5. The summed E-state index contributed by atoms with van der Waals surface area (Å²) in [7, 11) is 0. The number of aromatic amines is 1. The fraction of sp³-hybridized carbons (Fsp3) is 0.556. The molecule has 1 aliphatic rings. The van der Waals surface area contributed by atoms with Gasteiger partial charge in [0.1, 0.15) is 0 Å². The molecule has 4 rings (SSSR count). The standard InChI is InChI=1S/C27H38N4O2/c1-4-11-30-12-14-31(15-13-30)27-29-19-26(33-27)25(32)17-21(10-9-20(2)3)16-22-18-28-24-8-6-5-7-23(22)24/h5-8,18-21,28H,4,9-17H2,1-3H3. The molecule has 0 amide bonds. The summed E-state index contributed by atoms with van der Waals surface area (Å²) < 4.78 is 5.95. The summed E-state index contributed by atoms with van der Waals surface area (Å²) in [6.45, 7) is 11.7. The number of oxazole rings is 1. The van der Waals surface area contributed by atoms with E-state index in [0.717, 1.165) is 57.5 Å². The number of carbonyl (C=O) groups excluding carboxylic acids is 1. The van der Waals surface area contributed by atoms with Crippen molar-refractivity contribution in [2.45, 2.75) is 52.9 Å². The fourth-order valence-electron chi connectivity index (χ4n) is 4.84. The molecule has 6 heteroatoms. The quantitative estimate of drug-likeness (QED) is 0.388. The van der Waals surface area contributed by atoms with Gasteiger partial charge in [0.15, 0.2) is 11.5 Å². The van der Waals surface area contributed by atoms with Gasteiger partial charge >= 0.3 is 0 Å². The number of hydrogen-bond acceptors (Lipinski definition) is 5. The Morgan fingerprint density at radius 1 is 1.15 bits per heavy atom. The molecule has 0 bridgehead atoms. The third-order valence-corrected chi connectivity index (χ3v) is 6.76. The van der Waals surface area contributed by atoms with E-state index in [1.807, 2.05) is 6.07 Å². The number of nitrogens with one attached hydrogen (secondary N) is 1. The van der Waals surface area contributed by atoms with Crippen molar-refractivity contribution in [3.8, 4) is 0 Å². The van der Waals surface area contributed by atoms with Gasteiger partial charge < -0.3 is 14.3 Å². The zero-order valence-electron chi connectivity index (χ0n) is 20.3. The molecular formula is C27H38N4O2. The number of ketones is 1. The van der Waals surface area contributed by atoms with E-state index in [4.69, 9.17) is 4.42 Å². The minimum atomic E-state index is 0.0620. The number of anilines is 1. The first-order valence-electron chi connectivity index (χ1n) is 12.5. The number of nitrogens with zero attached hydrogens (tertiary/aromatic N) is 3. The molecule has 1 aromatic carbocycles. The number of hydrogen-bond donors (Lipinski definition) is 1. The predicted octanol–water partition coefficient (Wildman–Crippen LogP) is 5.56. The van der Waals surface area contributed by atoms with Gasteiger partial charge in [-0.3, -0.25) is 9.69 Å². The average molecular weight is 451 g/mol. The molecule has 1 atom stereocenters. The van der Waals surface area contributed by atoms with Crippen molar-refractivity contribution >= 4 is 22.7 Å². The van der Waals surface area contributed by atoms with Gasteiger partial charge in [-0.1, -0.05) is 45.4 Å². The summed E-state index contributed by atoms with van der Waals surface area (Å²) in [5.74, 6) is 1.36. The van der Waals surface area contributed by atoms with Crippen LogP contribution in [0.25, 0.3) is 10.9 Å². The van der Waals surface area contributed by atoms with Crippen molar-refractivity contribution in [3.05, 3.63) is 48.0 Å². The first-order chi connectivity index (χ1) is 16.0. The summed E-state index contributed by atoms with van der Waals surface area (Å²) in [5, 5.41) is 1.25. The molecule has 1 unspecified atom stereocenters. The molecule has 0 radical (unpaired) electrons. The van der Waals surface area contributed by atoms with Crippen LogP contribution in [0.15, 0.2) is 41.1 Å². The second kappa shape index (κ2) is 11.0. The lowest BCUT2D eigenvalue weighted by atomic mass is 9.87. The fourth-order valence-corrected chi connectivity index (χ4v) is 4.84. The summed E-state index contributed by atoms with van der Waals surface area (Å²) in [4.78, 5) is 25.6. The molecule has 178 valence electrons. The van der Waals surface area contributed by atoms with Crippen molar-refractivity contribution in [1.82, 2.24) is 14.9 Å². The number of rotatable bonds is 11. The highest BCUT2D eigenvalue weighted by Gasteiger charge is 2.24. The Kier molecular flexibility index (Phi) is 7.86. The van der Waals surface area contributed by atoms with Crippen LogP contribution in [0.2, 0.25) is 0 Å². The number of fused-ring (bicyclic) bond motifs is 1.